The van der Waals surface area contributed by atoms with Gasteiger partial charge in [-0.1, -0.05) is 23.2 Å². The third-order valence-corrected chi connectivity index (χ3v) is 3.25. The Morgan fingerprint density at radius 1 is 0.750 bits per heavy atom. The lowest BCUT2D eigenvalue weighted by atomic mass is 10.4. The first-order chi connectivity index (χ1) is 5.33. The molecule has 0 bridgehead atoms. The summed E-state index contributed by atoms with van der Waals surface area (Å²) in [7, 11) is 8.50. The Balaban J connectivity index is 3.82. The topological polar surface area (TPSA) is 0 Å². The number of halogens is 2. The summed E-state index contributed by atoms with van der Waals surface area (Å²) < 4.78 is 1.69. The molecule has 0 aliphatic heterocycles. The van der Waals surface area contributed by atoms with Crippen LogP contribution in [0.3, 0.4) is 0 Å². The van der Waals surface area contributed by atoms with Gasteiger partial charge in [0.15, 0.2) is 12.0 Å². The molecule has 0 spiro atoms. The van der Waals surface area contributed by atoms with E-state index in [4.69, 9.17) is 23.2 Å². The molecule has 0 aliphatic rings. The summed E-state index contributed by atoms with van der Waals surface area (Å²) in [6.45, 7) is 2.12. The van der Waals surface area contributed by atoms with Gasteiger partial charge >= 0.3 is 0 Å². The number of hydrogen-bond donors (Lipinski definition) is 0. The van der Waals surface area contributed by atoms with Crippen LogP contribution in [0.15, 0.2) is 0 Å². The first-order valence-electron chi connectivity index (χ1n) is 4.09. The van der Waals surface area contributed by atoms with E-state index < -0.39 is 0 Å². The molecule has 0 heterocycles. The number of likely N-dealkylation sites (N-methyl/N-ethyl adjacent to an activating group) is 2. The van der Waals surface area contributed by atoms with E-state index in [0.29, 0.717) is 12.0 Å². The van der Waals surface area contributed by atoms with E-state index in [2.05, 4.69) is 28.2 Å². The second-order valence-corrected chi connectivity index (χ2v) is 5.04. The molecule has 0 rings (SSSR count). The minimum absolute atomic E-state index is 0.655. The van der Waals surface area contributed by atoms with Gasteiger partial charge in [0.25, 0.3) is 0 Å². The van der Waals surface area contributed by atoms with Crippen LogP contribution in [0.2, 0.25) is 0 Å². The van der Waals surface area contributed by atoms with Gasteiger partial charge in [-0.15, -0.1) is 0 Å². The van der Waals surface area contributed by atoms with E-state index in [-0.39, 0.29) is 0 Å². The Bertz CT molecular complexity index is 119. The van der Waals surface area contributed by atoms with Crippen LogP contribution in [-0.2, 0) is 0 Å². The second kappa shape index (κ2) is 4.66. The first-order valence-corrected chi connectivity index (χ1v) is 5.16. The van der Waals surface area contributed by atoms with Gasteiger partial charge in [0.1, 0.15) is 13.1 Å². The van der Waals surface area contributed by atoms with E-state index in [0.717, 1.165) is 22.1 Å². The molecule has 0 amide bonds. The number of hydrogen-bond acceptors (Lipinski definition) is 0. The third kappa shape index (κ3) is 5.20. The van der Waals surface area contributed by atoms with Crippen molar-refractivity contribution in [3.05, 3.63) is 0 Å². The van der Waals surface area contributed by atoms with Gasteiger partial charge in [-0.3, -0.25) is 0 Å². The number of quaternary nitrogens is 2. The van der Waals surface area contributed by atoms with Crippen molar-refractivity contribution in [3.63, 3.8) is 0 Å². The van der Waals surface area contributed by atoms with Crippen molar-refractivity contribution in [1.82, 2.24) is 0 Å². The largest absolute Gasteiger partial charge is 0.311 e. The van der Waals surface area contributed by atoms with Gasteiger partial charge in [-0.25, -0.2) is 0 Å². The van der Waals surface area contributed by atoms with E-state index in [1.165, 1.54) is 0 Å². The zero-order chi connectivity index (χ0) is 9.83. The zero-order valence-corrected chi connectivity index (χ0v) is 9.99. The molecule has 0 aromatic rings. The smallest absolute Gasteiger partial charge is 0.154 e. The Labute approximate surface area is 85.8 Å². The van der Waals surface area contributed by atoms with Crippen molar-refractivity contribution >= 4 is 23.2 Å². The summed E-state index contributed by atoms with van der Waals surface area (Å²) in [6.07, 6.45) is 0. The summed E-state index contributed by atoms with van der Waals surface area (Å²) in [5.74, 6) is 0. The summed E-state index contributed by atoms with van der Waals surface area (Å²) in [5.41, 5.74) is 0. The van der Waals surface area contributed by atoms with Crippen molar-refractivity contribution in [2.45, 2.75) is 0 Å². The van der Waals surface area contributed by atoms with Crippen LogP contribution >= 0.6 is 23.2 Å². The van der Waals surface area contributed by atoms with Gasteiger partial charge < -0.3 is 8.97 Å². The predicted octanol–water partition coefficient (Wildman–Crippen LogP) is 1.53. The molecule has 0 fully saturated rings. The third-order valence-electron chi connectivity index (χ3n) is 1.96. The van der Waals surface area contributed by atoms with Crippen molar-refractivity contribution < 1.29 is 8.97 Å². The quantitative estimate of drug-likeness (QED) is 0.370. The highest BCUT2D eigenvalue weighted by molar-refractivity contribution is 6.17. The maximum atomic E-state index is 5.80. The number of alkyl halides is 2. The average Bonchev–Trinajstić information content (AvgIpc) is 2.02. The molecule has 0 unspecified atom stereocenters. The van der Waals surface area contributed by atoms with Crippen molar-refractivity contribution in [1.29, 1.82) is 0 Å². The van der Waals surface area contributed by atoms with Crippen LogP contribution in [-0.4, -0.2) is 62.3 Å². The number of rotatable bonds is 5. The van der Waals surface area contributed by atoms with Crippen molar-refractivity contribution in [2.24, 2.45) is 0 Å². The number of nitrogens with zero attached hydrogens (tertiary/aromatic N) is 2. The van der Waals surface area contributed by atoms with E-state index in [1.54, 1.807) is 0 Å². The van der Waals surface area contributed by atoms with Crippen LogP contribution in [0, 0.1) is 0 Å². The Morgan fingerprint density at radius 2 is 1.00 bits per heavy atom. The standard InChI is InChI=1S/C8H20Cl2N2/c1-11(2,7-9)5-6-12(3,4)8-10/h5-8H2,1-4H3/q+2. The molecule has 4 heteroatoms. The van der Waals surface area contributed by atoms with Crippen LogP contribution in [0.4, 0.5) is 0 Å². The van der Waals surface area contributed by atoms with E-state index in [1.807, 2.05) is 0 Å². The van der Waals surface area contributed by atoms with Gasteiger partial charge in [0.05, 0.1) is 28.2 Å². The zero-order valence-electron chi connectivity index (χ0n) is 8.48. The molecule has 0 aliphatic carbocycles. The molecule has 0 N–H and O–H groups in total. The molecule has 0 radical (unpaired) electrons. The van der Waals surface area contributed by atoms with E-state index >= 15 is 0 Å². The fourth-order valence-corrected chi connectivity index (χ4v) is 0.900. The fourth-order valence-electron chi connectivity index (χ4n) is 0.661. The molecule has 0 aromatic carbocycles. The van der Waals surface area contributed by atoms with Gasteiger partial charge in [-0.05, 0) is 0 Å². The molecule has 12 heavy (non-hydrogen) atoms. The van der Waals surface area contributed by atoms with Gasteiger partial charge in [-0.2, -0.15) is 0 Å². The summed E-state index contributed by atoms with van der Waals surface area (Å²) >= 11 is 11.6. The maximum absolute atomic E-state index is 5.80. The molecule has 0 aromatic heterocycles. The van der Waals surface area contributed by atoms with Crippen LogP contribution in [0.1, 0.15) is 0 Å². The SMILES string of the molecule is C[N+](C)(CCl)CC[N+](C)(C)CCl. The second-order valence-electron chi connectivity index (χ2n) is 4.56. The summed E-state index contributed by atoms with van der Waals surface area (Å²) in [4.78, 5) is 0. The lowest BCUT2D eigenvalue weighted by Crippen LogP contribution is -2.49. The van der Waals surface area contributed by atoms with Crippen LogP contribution in [0.5, 0.6) is 0 Å². The lowest BCUT2D eigenvalue weighted by Gasteiger charge is -2.32. The molecular formula is C8H20Cl2N2+2. The molecule has 74 valence electrons. The lowest BCUT2D eigenvalue weighted by molar-refractivity contribution is -0.935. The Hall–Kier alpha value is 0.500. The summed E-state index contributed by atoms with van der Waals surface area (Å²) in [6, 6.07) is 1.31. The molecule has 0 saturated carbocycles. The maximum Gasteiger partial charge on any atom is 0.154 e. The minimum Gasteiger partial charge on any atom is -0.311 e. The monoisotopic (exact) mass is 214 g/mol. The fraction of sp³-hybridized carbons (Fsp3) is 1.00. The highest BCUT2D eigenvalue weighted by Crippen LogP contribution is 2.04. The highest BCUT2D eigenvalue weighted by Gasteiger charge is 2.20. The van der Waals surface area contributed by atoms with Crippen molar-refractivity contribution in [2.75, 3.05) is 53.3 Å². The minimum atomic E-state index is 0.655. The van der Waals surface area contributed by atoms with Gasteiger partial charge in [0.2, 0.25) is 0 Å². The molecular weight excluding hydrogens is 195 g/mol. The van der Waals surface area contributed by atoms with Gasteiger partial charge in [0, 0.05) is 0 Å². The Morgan fingerprint density at radius 3 is 1.17 bits per heavy atom. The van der Waals surface area contributed by atoms with Crippen LogP contribution in [0.25, 0.3) is 0 Å². The molecule has 2 nitrogen and oxygen atoms in total. The Kier molecular flexibility index (Phi) is 4.85. The average molecular weight is 215 g/mol. The first kappa shape index (κ1) is 12.5. The normalized spacial score (nSPS) is 13.5. The molecule has 0 saturated heterocycles. The predicted molar refractivity (Wildman–Crippen MR) is 55.4 cm³/mol. The highest BCUT2D eigenvalue weighted by atomic mass is 35.5. The van der Waals surface area contributed by atoms with E-state index in [9.17, 15) is 0 Å². The molecule has 0 atom stereocenters. The van der Waals surface area contributed by atoms with Crippen molar-refractivity contribution in [3.8, 4) is 0 Å². The van der Waals surface area contributed by atoms with Crippen LogP contribution < -0.4 is 0 Å². The summed E-state index contributed by atoms with van der Waals surface area (Å²) in [5, 5.41) is 0.